The fourth-order valence-electron chi connectivity index (χ4n) is 4.49. The lowest BCUT2D eigenvalue weighted by Gasteiger charge is -2.35. The van der Waals surface area contributed by atoms with E-state index in [0.717, 1.165) is 67.5 Å². The third-order valence-corrected chi connectivity index (χ3v) is 6.34. The molecule has 0 N–H and O–H groups in total. The smallest absolute Gasteiger partial charge is 0.159 e. The molecule has 34 heavy (non-hydrogen) atoms. The second-order valence-electron chi connectivity index (χ2n) is 9.03. The number of likely N-dealkylation sites (N-methyl/N-ethyl adjacent to an activating group) is 1. The molecule has 0 saturated carbocycles. The fourth-order valence-corrected chi connectivity index (χ4v) is 4.49. The summed E-state index contributed by atoms with van der Waals surface area (Å²) < 4.78 is 42.8. The molecule has 1 fully saturated rings. The summed E-state index contributed by atoms with van der Waals surface area (Å²) in [7, 11) is 2.12. The zero-order valence-electron chi connectivity index (χ0n) is 20.1. The summed E-state index contributed by atoms with van der Waals surface area (Å²) in [5.41, 5.74) is 3.55. The average Bonchev–Trinajstić information content (AvgIpc) is 3.13. The minimum atomic E-state index is -0.834. The molecular formula is C26H32F3N5. The first-order valence-electron chi connectivity index (χ1n) is 11.8. The number of aryl methyl sites for hydroxylation is 1. The number of nitrogens with zero attached hydrogens (tertiary/aromatic N) is 5. The highest BCUT2D eigenvalue weighted by Gasteiger charge is 2.26. The van der Waals surface area contributed by atoms with Gasteiger partial charge in [-0.25, -0.2) is 17.9 Å². The van der Waals surface area contributed by atoms with E-state index in [0.29, 0.717) is 13.1 Å². The Kier molecular flexibility index (Phi) is 7.58. The van der Waals surface area contributed by atoms with Gasteiger partial charge in [-0.15, -0.1) is 0 Å². The Labute approximate surface area is 199 Å². The van der Waals surface area contributed by atoms with Crippen LogP contribution >= 0.6 is 0 Å². The largest absolute Gasteiger partial charge is 0.354 e. The summed E-state index contributed by atoms with van der Waals surface area (Å²) in [5, 5.41) is 4.85. The topological polar surface area (TPSA) is 27.5 Å². The second kappa shape index (κ2) is 10.6. The van der Waals surface area contributed by atoms with Crippen LogP contribution in [0.15, 0.2) is 42.5 Å². The molecule has 0 aliphatic carbocycles. The van der Waals surface area contributed by atoms with Gasteiger partial charge in [0, 0.05) is 44.8 Å². The minimum Gasteiger partial charge on any atom is -0.354 e. The second-order valence-corrected chi connectivity index (χ2v) is 9.03. The van der Waals surface area contributed by atoms with Gasteiger partial charge in [0.05, 0.1) is 11.4 Å². The summed E-state index contributed by atoms with van der Waals surface area (Å²) in [6.07, 6.45) is 0.929. The van der Waals surface area contributed by atoms with Crippen molar-refractivity contribution in [2.24, 2.45) is 0 Å². The average molecular weight is 472 g/mol. The summed E-state index contributed by atoms with van der Waals surface area (Å²) in [4.78, 5) is 6.89. The quantitative estimate of drug-likeness (QED) is 0.473. The highest BCUT2D eigenvalue weighted by Crippen LogP contribution is 2.30. The molecule has 1 saturated heterocycles. The van der Waals surface area contributed by atoms with E-state index < -0.39 is 11.6 Å². The Morgan fingerprint density at radius 1 is 0.912 bits per heavy atom. The van der Waals surface area contributed by atoms with Crippen LogP contribution in [0.4, 0.5) is 19.0 Å². The zero-order chi connectivity index (χ0) is 24.2. The molecule has 5 nitrogen and oxygen atoms in total. The molecule has 8 heteroatoms. The van der Waals surface area contributed by atoms with Crippen molar-refractivity contribution in [3.8, 4) is 5.69 Å². The van der Waals surface area contributed by atoms with Crippen LogP contribution in [0.25, 0.3) is 5.69 Å². The predicted molar refractivity (Wildman–Crippen MR) is 129 cm³/mol. The van der Waals surface area contributed by atoms with Crippen LogP contribution in [0.1, 0.15) is 30.2 Å². The van der Waals surface area contributed by atoms with Crippen LogP contribution < -0.4 is 4.90 Å². The van der Waals surface area contributed by atoms with Gasteiger partial charge in [-0.05, 0) is 68.9 Å². The Bertz CT molecular complexity index is 1100. The number of rotatable bonds is 8. The molecule has 2 heterocycles. The molecule has 1 aliphatic rings. The SMILES string of the molecule is CCCN(Cc1ccc(F)c(F)c1)Cc1c(C)nn(-c2ccc(F)cc2)c1N1CCN(C)CC1. The first-order valence-corrected chi connectivity index (χ1v) is 11.8. The lowest BCUT2D eigenvalue weighted by atomic mass is 10.1. The van der Waals surface area contributed by atoms with Crippen LogP contribution in [0, 0.1) is 24.4 Å². The van der Waals surface area contributed by atoms with Crippen molar-refractivity contribution in [3.05, 3.63) is 76.7 Å². The monoisotopic (exact) mass is 471 g/mol. The van der Waals surface area contributed by atoms with Gasteiger partial charge in [-0.2, -0.15) is 5.10 Å². The number of hydrogen-bond donors (Lipinski definition) is 0. The standard InChI is InChI=1S/C26H32F3N5/c1-4-11-32(17-20-5-10-24(28)25(29)16-20)18-23-19(2)30-34(22-8-6-21(27)7-9-22)26(23)33-14-12-31(3)13-15-33/h5-10,16H,4,11-15,17-18H2,1-3H3. The van der Waals surface area contributed by atoms with Crippen molar-refractivity contribution >= 4 is 5.82 Å². The maximum Gasteiger partial charge on any atom is 0.159 e. The van der Waals surface area contributed by atoms with E-state index in [4.69, 9.17) is 5.10 Å². The van der Waals surface area contributed by atoms with Crippen molar-refractivity contribution in [1.29, 1.82) is 0 Å². The molecule has 2 aromatic carbocycles. The van der Waals surface area contributed by atoms with Crippen LogP contribution in [-0.2, 0) is 13.1 Å². The Hall–Kier alpha value is -2.84. The molecule has 0 spiro atoms. The van der Waals surface area contributed by atoms with Gasteiger partial charge >= 0.3 is 0 Å². The molecule has 0 unspecified atom stereocenters. The number of aromatic nitrogens is 2. The first kappa shape index (κ1) is 24.3. The van der Waals surface area contributed by atoms with Crippen molar-refractivity contribution in [1.82, 2.24) is 19.6 Å². The zero-order valence-corrected chi connectivity index (χ0v) is 20.1. The number of benzene rings is 2. The molecule has 4 rings (SSSR count). The molecule has 1 aliphatic heterocycles. The molecule has 1 aromatic heterocycles. The fraction of sp³-hybridized carbons (Fsp3) is 0.423. The molecule has 182 valence electrons. The van der Waals surface area contributed by atoms with Crippen molar-refractivity contribution < 1.29 is 13.2 Å². The summed E-state index contributed by atoms with van der Waals surface area (Å²) in [6, 6.07) is 10.5. The van der Waals surface area contributed by atoms with E-state index in [1.165, 1.54) is 24.3 Å². The van der Waals surface area contributed by atoms with Gasteiger partial charge in [0.1, 0.15) is 11.6 Å². The van der Waals surface area contributed by atoms with Crippen LogP contribution in [-0.4, -0.2) is 59.4 Å². The third-order valence-electron chi connectivity index (χ3n) is 6.34. The molecule has 0 bridgehead atoms. The molecular weight excluding hydrogens is 439 g/mol. The normalized spacial score (nSPS) is 14.9. The van der Waals surface area contributed by atoms with E-state index in [-0.39, 0.29) is 5.82 Å². The summed E-state index contributed by atoms with van der Waals surface area (Å²) in [6.45, 7) is 9.67. The molecule has 3 aromatic rings. The Morgan fingerprint density at radius 2 is 1.62 bits per heavy atom. The van der Waals surface area contributed by atoms with Gasteiger partial charge in [0.25, 0.3) is 0 Å². The number of halogens is 3. The lowest BCUT2D eigenvalue weighted by Crippen LogP contribution is -2.45. The number of hydrogen-bond acceptors (Lipinski definition) is 4. The molecule has 0 radical (unpaired) electrons. The maximum atomic E-state index is 13.8. The van der Waals surface area contributed by atoms with E-state index in [1.807, 2.05) is 11.6 Å². The van der Waals surface area contributed by atoms with Crippen LogP contribution in [0.2, 0.25) is 0 Å². The Balaban J connectivity index is 1.69. The molecule has 0 amide bonds. The molecule has 0 atom stereocenters. The number of piperazine rings is 1. The Morgan fingerprint density at radius 3 is 2.26 bits per heavy atom. The first-order chi connectivity index (χ1) is 16.4. The maximum absolute atomic E-state index is 13.8. The van der Waals surface area contributed by atoms with Gasteiger partial charge in [0.2, 0.25) is 0 Å². The van der Waals surface area contributed by atoms with Gasteiger partial charge < -0.3 is 9.80 Å². The van der Waals surface area contributed by atoms with E-state index in [1.54, 1.807) is 18.2 Å². The predicted octanol–water partition coefficient (Wildman–Crippen LogP) is 4.76. The van der Waals surface area contributed by atoms with Crippen molar-refractivity contribution in [3.63, 3.8) is 0 Å². The lowest BCUT2D eigenvalue weighted by molar-refractivity contribution is 0.255. The summed E-state index contributed by atoms with van der Waals surface area (Å²) >= 11 is 0. The summed E-state index contributed by atoms with van der Waals surface area (Å²) in [5.74, 6) is -0.926. The van der Waals surface area contributed by atoms with E-state index in [2.05, 4.69) is 28.7 Å². The van der Waals surface area contributed by atoms with Gasteiger partial charge in [-0.3, -0.25) is 4.90 Å². The third kappa shape index (κ3) is 5.45. The van der Waals surface area contributed by atoms with Gasteiger partial charge in [-0.1, -0.05) is 13.0 Å². The van der Waals surface area contributed by atoms with Crippen LogP contribution in [0.5, 0.6) is 0 Å². The highest BCUT2D eigenvalue weighted by molar-refractivity contribution is 5.55. The van der Waals surface area contributed by atoms with Crippen molar-refractivity contribution in [2.45, 2.75) is 33.4 Å². The van der Waals surface area contributed by atoms with E-state index >= 15 is 0 Å². The van der Waals surface area contributed by atoms with Gasteiger partial charge in [0.15, 0.2) is 11.6 Å². The van der Waals surface area contributed by atoms with Crippen molar-refractivity contribution in [2.75, 3.05) is 44.7 Å². The minimum absolute atomic E-state index is 0.283. The number of anilines is 1. The highest BCUT2D eigenvalue weighted by atomic mass is 19.2. The van der Waals surface area contributed by atoms with Crippen LogP contribution in [0.3, 0.4) is 0 Å². The van der Waals surface area contributed by atoms with E-state index in [9.17, 15) is 13.2 Å².